The maximum absolute atomic E-state index is 12.4. The van der Waals surface area contributed by atoms with Crippen molar-refractivity contribution < 1.29 is 42.5 Å². The van der Waals surface area contributed by atoms with Crippen molar-refractivity contribution in [1.29, 1.82) is 0 Å². The van der Waals surface area contributed by atoms with Gasteiger partial charge in [-0.3, -0.25) is 0 Å². The highest BCUT2D eigenvalue weighted by Gasteiger charge is 2.28. The number of esters is 1. The second-order valence-corrected chi connectivity index (χ2v) is 5.81. The number of carbonyl (C=O) groups is 2. The first-order valence-corrected chi connectivity index (χ1v) is 8.57. The number of carboxylic acid groups (broad SMARTS) is 1. The summed E-state index contributed by atoms with van der Waals surface area (Å²) >= 11 is 0. The standard InChI is InChI=1S/C19H17FN2O8/c1-9-14(18(25)28-7-6-20)15-10(29-9)4-5-11(16(15)17(23)24)30-19-21-12(26-2)8-13(22-19)27-3/h4-5,8H,6-7H2,1-3H3,(H,23,24). The summed E-state index contributed by atoms with van der Waals surface area (Å²) in [7, 11) is 2.76. The average molecular weight is 420 g/mol. The van der Waals surface area contributed by atoms with Gasteiger partial charge in [-0.25, -0.2) is 14.0 Å². The number of aromatic nitrogens is 2. The van der Waals surface area contributed by atoms with Crippen LogP contribution in [0.5, 0.6) is 23.5 Å². The number of alkyl halides is 1. The van der Waals surface area contributed by atoms with Gasteiger partial charge in [0.05, 0.1) is 25.7 Å². The van der Waals surface area contributed by atoms with Crippen molar-refractivity contribution in [3.05, 3.63) is 35.1 Å². The van der Waals surface area contributed by atoms with Crippen molar-refractivity contribution in [3.63, 3.8) is 0 Å². The van der Waals surface area contributed by atoms with E-state index in [1.807, 2.05) is 0 Å². The molecule has 0 aliphatic rings. The van der Waals surface area contributed by atoms with Crippen LogP contribution in [0.25, 0.3) is 11.0 Å². The van der Waals surface area contributed by atoms with Gasteiger partial charge in [0.25, 0.3) is 0 Å². The minimum Gasteiger partial charge on any atom is -0.481 e. The van der Waals surface area contributed by atoms with Crippen molar-refractivity contribution in [1.82, 2.24) is 9.97 Å². The van der Waals surface area contributed by atoms with Gasteiger partial charge in [0, 0.05) is 0 Å². The molecule has 0 spiro atoms. The number of carbonyl (C=O) groups excluding carboxylic acids is 1. The molecule has 0 amide bonds. The quantitative estimate of drug-likeness (QED) is 0.542. The fourth-order valence-electron chi connectivity index (χ4n) is 2.77. The molecule has 0 saturated heterocycles. The van der Waals surface area contributed by atoms with Gasteiger partial charge in [0.1, 0.15) is 41.5 Å². The Morgan fingerprint density at radius 3 is 2.37 bits per heavy atom. The number of hydrogen-bond donors (Lipinski definition) is 1. The van der Waals surface area contributed by atoms with E-state index in [2.05, 4.69) is 9.97 Å². The predicted octanol–water partition coefficient (Wildman–Crippen LogP) is 3.17. The predicted molar refractivity (Wildman–Crippen MR) is 99.4 cm³/mol. The Balaban J connectivity index is 2.16. The molecule has 0 bridgehead atoms. The summed E-state index contributed by atoms with van der Waals surface area (Å²) in [6, 6.07) is 3.93. The molecule has 1 N–H and O–H groups in total. The molecular formula is C19H17FN2O8. The highest BCUT2D eigenvalue weighted by atomic mass is 19.1. The molecule has 10 nitrogen and oxygen atoms in total. The van der Waals surface area contributed by atoms with Crippen molar-refractivity contribution in [3.8, 4) is 23.5 Å². The Morgan fingerprint density at radius 1 is 1.13 bits per heavy atom. The number of hydrogen-bond acceptors (Lipinski definition) is 9. The molecule has 0 aliphatic carbocycles. The summed E-state index contributed by atoms with van der Waals surface area (Å²) in [6.45, 7) is 0.116. The third-order valence-electron chi connectivity index (χ3n) is 4.00. The van der Waals surface area contributed by atoms with Crippen molar-refractivity contribution >= 4 is 22.9 Å². The molecule has 0 aliphatic heterocycles. The Morgan fingerprint density at radius 2 is 1.80 bits per heavy atom. The van der Waals surface area contributed by atoms with E-state index in [1.54, 1.807) is 0 Å². The van der Waals surface area contributed by atoms with Gasteiger partial charge in [0.2, 0.25) is 11.8 Å². The summed E-state index contributed by atoms with van der Waals surface area (Å²) in [5.41, 5.74) is -0.388. The molecule has 0 saturated carbocycles. The van der Waals surface area contributed by atoms with Crippen LogP contribution in [0.4, 0.5) is 4.39 Å². The third kappa shape index (κ3) is 3.95. The Kier molecular flexibility index (Phi) is 6.00. The molecule has 0 atom stereocenters. The summed E-state index contributed by atoms with van der Waals surface area (Å²) in [4.78, 5) is 32.4. The molecule has 2 aromatic heterocycles. The first-order valence-electron chi connectivity index (χ1n) is 8.57. The van der Waals surface area contributed by atoms with E-state index in [-0.39, 0.29) is 51.4 Å². The smallest absolute Gasteiger partial charge is 0.342 e. The minimum absolute atomic E-state index is 0.0452. The number of carboxylic acids is 1. The fraction of sp³-hybridized carbons (Fsp3) is 0.263. The average Bonchev–Trinajstić information content (AvgIpc) is 3.06. The topological polar surface area (TPSA) is 130 Å². The maximum Gasteiger partial charge on any atom is 0.342 e. The van der Waals surface area contributed by atoms with E-state index in [1.165, 1.54) is 39.3 Å². The van der Waals surface area contributed by atoms with E-state index in [0.29, 0.717) is 0 Å². The molecule has 0 radical (unpaired) electrons. The second kappa shape index (κ2) is 8.64. The largest absolute Gasteiger partial charge is 0.481 e. The normalized spacial score (nSPS) is 10.7. The lowest BCUT2D eigenvalue weighted by molar-refractivity contribution is 0.0481. The zero-order valence-electron chi connectivity index (χ0n) is 16.2. The Hall–Kier alpha value is -3.89. The molecule has 11 heteroatoms. The maximum atomic E-state index is 12.4. The van der Waals surface area contributed by atoms with Gasteiger partial charge < -0.3 is 28.5 Å². The number of fused-ring (bicyclic) bond motifs is 1. The van der Waals surface area contributed by atoms with E-state index >= 15 is 0 Å². The highest BCUT2D eigenvalue weighted by molar-refractivity contribution is 6.14. The molecule has 158 valence electrons. The lowest BCUT2D eigenvalue weighted by Gasteiger charge is -2.10. The van der Waals surface area contributed by atoms with Crippen LogP contribution in [0.15, 0.2) is 22.6 Å². The number of methoxy groups -OCH3 is 2. The van der Waals surface area contributed by atoms with Gasteiger partial charge in [-0.2, -0.15) is 9.97 Å². The number of halogens is 1. The summed E-state index contributed by atoms with van der Waals surface area (Å²) in [5.74, 6) is -2.10. The van der Waals surface area contributed by atoms with E-state index in [9.17, 15) is 19.1 Å². The van der Waals surface area contributed by atoms with Crippen molar-refractivity contribution in [2.45, 2.75) is 6.92 Å². The Labute approximate surface area is 169 Å². The lowest BCUT2D eigenvalue weighted by Crippen LogP contribution is -2.10. The molecule has 0 unspecified atom stereocenters. The lowest BCUT2D eigenvalue weighted by atomic mass is 10.0. The van der Waals surface area contributed by atoms with Crippen molar-refractivity contribution in [2.24, 2.45) is 0 Å². The Bertz CT molecular complexity index is 1090. The van der Waals surface area contributed by atoms with Crippen LogP contribution in [0.1, 0.15) is 26.5 Å². The summed E-state index contributed by atoms with van der Waals surface area (Å²) in [6.07, 6.45) is 0. The molecular weight excluding hydrogens is 403 g/mol. The van der Waals surface area contributed by atoms with Gasteiger partial charge >= 0.3 is 17.9 Å². The number of benzene rings is 1. The molecule has 3 aromatic rings. The number of aromatic carboxylic acids is 1. The molecule has 2 heterocycles. The fourth-order valence-corrected chi connectivity index (χ4v) is 2.77. The van der Waals surface area contributed by atoms with Gasteiger partial charge in [-0.1, -0.05) is 0 Å². The molecule has 3 rings (SSSR count). The van der Waals surface area contributed by atoms with Crippen LogP contribution in [-0.4, -0.2) is 54.5 Å². The van der Waals surface area contributed by atoms with E-state index in [0.717, 1.165) is 0 Å². The monoisotopic (exact) mass is 420 g/mol. The van der Waals surface area contributed by atoms with Crippen LogP contribution in [-0.2, 0) is 4.74 Å². The number of nitrogens with zero attached hydrogens (tertiary/aromatic N) is 2. The van der Waals surface area contributed by atoms with Gasteiger partial charge in [-0.05, 0) is 19.1 Å². The number of aryl methyl sites for hydroxylation is 1. The number of rotatable bonds is 8. The van der Waals surface area contributed by atoms with E-state index < -0.39 is 25.2 Å². The zero-order chi connectivity index (χ0) is 21.8. The zero-order valence-corrected chi connectivity index (χ0v) is 16.2. The molecule has 30 heavy (non-hydrogen) atoms. The van der Waals surface area contributed by atoms with Crippen LogP contribution in [0, 0.1) is 6.92 Å². The summed E-state index contributed by atoms with van der Waals surface area (Å²) < 4.78 is 38.3. The third-order valence-corrected chi connectivity index (χ3v) is 4.00. The van der Waals surface area contributed by atoms with Crippen molar-refractivity contribution in [2.75, 3.05) is 27.5 Å². The van der Waals surface area contributed by atoms with Crippen LogP contribution in [0.2, 0.25) is 0 Å². The SMILES string of the molecule is COc1cc(OC)nc(Oc2ccc3oc(C)c(C(=O)OCCF)c3c2C(=O)O)n1. The first kappa shape index (κ1) is 20.8. The number of ether oxygens (including phenoxy) is 4. The summed E-state index contributed by atoms with van der Waals surface area (Å²) in [5, 5.41) is 9.77. The first-order chi connectivity index (χ1) is 14.4. The molecule has 0 fully saturated rings. The van der Waals surface area contributed by atoms with Crippen LogP contribution in [0.3, 0.4) is 0 Å². The number of furan rings is 1. The second-order valence-electron chi connectivity index (χ2n) is 5.81. The van der Waals surface area contributed by atoms with Gasteiger partial charge in [0.15, 0.2) is 0 Å². The highest BCUT2D eigenvalue weighted by Crippen LogP contribution is 2.36. The van der Waals surface area contributed by atoms with Gasteiger partial charge in [-0.15, -0.1) is 0 Å². The van der Waals surface area contributed by atoms with Crippen LogP contribution >= 0.6 is 0 Å². The minimum atomic E-state index is -1.40. The van der Waals surface area contributed by atoms with E-state index in [4.69, 9.17) is 23.4 Å². The van der Waals surface area contributed by atoms with Crippen LogP contribution < -0.4 is 14.2 Å². The molecule has 1 aromatic carbocycles.